The van der Waals surface area contributed by atoms with Crippen molar-refractivity contribution in [2.75, 3.05) is 5.32 Å². The molecule has 2 nitrogen and oxygen atoms in total. The number of hydrogen-bond donors (Lipinski definition) is 1. The number of benzene rings is 1. The summed E-state index contributed by atoms with van der Waals surface area (Å²) in [5, 5.41) is 3.05. The summed E-state index contributed by atoms with van der Waals surface area (Å²) in [6.07, 6.45) is 1.68. The maximum absolute atomic E-state index is 13.4. The van der Waals surface area contributed by atoms with Gasteiger partial charge in [-0.3, -0.25) is 0 Å². The Hall–Kier alpha value is -0.940. The van der Waals surface area contributed by atoms with Crippen molar-refractivity contribution in [1.29, 1.82) is 0 Å². The predicted octanol–water partition coefficient (Wildman–Crippen LogP) is 4.80. The zero-order valence-electron chi connectivity index (χ0n) is 8.97. The quantitative estimate of drug-likeness (QED) is 0.833. The van der Waals surface area contributed by atoms with Gasteiger partial charge in [0.25, 0.3) is 0 Å². The first kappa shape index (κ1) is 12.5. The lowest BCUT2D eigenvalue weighted by molar-refractivity contribution is 0.619. The molecule has 1 N–H and O–H groups in total. The zero-order valence-corrected chi connectivity index (χ0v) is 12.1. The smallest absolute Gasteiger partial charge is 0.144 e. The van der Waals surface area contributed by atoms with Crippen LogP contribution in [0.2, 0.25) is 0 Å². The van der Waals surface area contributed by atoms with E-state index in [4.69, 9.17) is 0 Å². The van der Waals surface area contributed by atoms with Crippen molar-refractivity contribution in [3.63, 3.8) is 0 Å². The van der Waals surface area contributed by atoms with E-state index in [0.29, 0.717) is 17.1 Å². The van der Waals surface area contributed by atoms with E-state index in [2.05, 4.69) is 42.2 Å². The highest BCUT2D eigenvalue weighted by atomic mass is 79.9. The summed E-state index contributed by atoms with van der Waals surface area (Å²) in [4.78, 5) is 4.20. The lowest BCUT2D eigenvalue weighted by Crippen LogP contribution is -1.95. The highest BCUT2D eigenvalue weighted by Gasteiger charge is 2.04. The van der Waals surface area contributed by atoms with Crippen molar-refractivity contribution < 1.29 is 4.39 Å². The summed E-state index contributed by atoms with van der Waals surface area (Å²) in [5.74, 6) is 0.416. The third kappa shape index (κ3) is 3.04. The molecule has 0 aliphatic carbocycles. The molecule has 0 fully saturated rings. The minimum absolute atomic E-state index is 0.233. The number of hydrogen-bond acceptors (Lipinski definition) is 2. The molecular formula is C12H9Br2FN2. The number of aromatic nitrogens is 1. The molecule has 0 saturated heterocycles. The Morgan fingerprint density at radius 3 is 2.65 bits per heavy atom. The molecule has 0 atom stereocenters. The third-order valence-corrected chi connectivity index (χ3v) is 3.28. The highest BCUT2D eigenvalue weighted by molar-refractivity contribution is 9.11. The maximum Gasteiger partial charge on any atom is 0.144 e. The summed E-state index contributed by atoms with van der Waals surface area (Å²) in [6, 6.07) is 6.87. The van der Waals surface area contributed by atoms with Crippen LogP contribution in [0.4, 0.5) is 15.9 Å². The first-order valence-corrected chi connectivity index (χ1v) is 6.49. The topological polar surface area (TPSA) is 24.9 Å². The molecule has 1 aromatic heterocycles. The monoisotopic (exact) mass is 358 g/mol. The Morgan fingerprint density at radius 2 is 2.00 bits per heavy atom. The van der Waals surface area contributed by atoms with E-state index >= 15 is 0 Å². The van der Waals surface area contributed by atoms with Gasteiger partial charge < -0.3 is 5.32 Å². The number of pyridine rings is 1. The fourth-order valence-corrected chi connectivity index (χ4v) is 2.40. The molecule has 88 valence electrons. The van der Waals surface area contributed by atoms with E-state index in [1.165, 1.54) is 6.07 Å². The van der Waals surface area contributed by atoms with Crippen LogP contribution in [0.3, 0.4) is 0 Å². The first-order valence-electron chi connectivity index (χ1n) is 4.90. The van der Waals surface area contributed by atoms with Crippen LogP contribution in [0.5, 0.6) is 0 Å². The van der Waals surface area contributed by atoms with Crippen LogP contribution in [0.1, 0.15) is 5.56 Å². The summed E-state index contributed by atoms with van der Waals surface area (Å²) in [6.45, 7) is 1.73. The number of rotatable bonds is 2. The van der Waals surface area contributed by atoms with Crippen LogP contribution in [0, 0.1) is 12.7 Å². The SMILES string of the molecule is Cc1ccc(Nc2ncc(Br)cc2Br)cc1F. The number of anilines is 2. The Balaban J connectivity index is 2.28. The van der Waals surface area contributed by atoms with E-state index in [-0.39, 0.29) is 5.82 Å². The van der Waals surface area contributed by atoms with E-state index in [9.17, 15) is 4.39 Å². The number of aryl methyl sites for hydroxylation is 1. The average molecular weight is 360 g/mol. The van der Waals surface area contributed by atoms with Gasteiger partial charge in [-0.2, -0.15) is 0 Å². The molecule has 0 unspecified atom stereocenters. The maximum atomic E-state index is 13.4. The molecule has 0 aliphatic heterocycles. The fourth-order valence-electron chi connectivity index (χ4n) is 1.31. The normalized spacial score (nSPS) is 10.4. The van der Waals surface area contributed by atoms with Crippen LogP contribution in [-0.2, 0) is 0 Å². The average Bonchev–Trinajstić information content (AvgIpc) is 2.27. The van der Waals surface area contributed by atoms with Gasteiger partial charge in [0, 0.05) is 16.4 Å². The van der Waals surface area contributed by atoms with E-state index in [1.807, 2.05) is 12.1 Å². The molecule has 5 heteroatoms. The molecule has 17 heavy (non-hydrogen) atoms. The number of nitrogens with one attached hydrogen (secondary N) is 1. The van der Waals surface area contributed by atoms with Crippen LogP contribution >= 0.6 is 31.9 Å². The Morgan fingerprint density at radius 1 is 1.24 bits per heavy atom. The molecule has 0 aliphatic rings. The lowest BCUT2D eigenvalue weighted by Gasteiger charge is -2.08. The molecule has 0 bridgehead atoms. The van der Waals surface area contributed by atoms with Gasteiger partial charge in [-0.05, 0) is 62.5 Å². The second-order valence-corrected chi connectivity index (χ2v) is 5.34. The zero-order chi connectivity index (χ0) is 12.4. The van der Waals surface area contributed by atoms with Crippen molar-refractivity contribution in [1.82, 2.24) is 4.98 Å². The van der Waals surface area contributed by atoms with Crippen molar-refractivity contribution in [2.24, 2.45) is 0 Å². The molecular weight excluding hydrogens is 351 g/mol. The van der Waals surface area contributed by atoms with E-state index < -0.39 is 0 Å². The number of halogens is 3. The van der Waals surface area contributed by atoms with Gasteiger partial charge >= 0.3 is 0 Å². The molecule has 2 rings (SSSR count). The summed E-state index contributed by atoms with van der Waals surface area (Å²) < 4.78 is 15.1. The lowest BCUT2D eigenvalue weighted by atomic mass is 10.2. The fraction of sp³-hybridized carbons (Fsp3) is 0.0833. The molecule has 0 radical (unpaired) electrons. The van der Waals surface area contributed by atoms with Crippen molar-refractivity contribution in [2.45, 2.75) is 6.92 Å². The molecule has 1 aromatic carbocycles. The van der Waals surface area contributed by atoms with Crippen molar-refractivity contribution in [3.05, 3.63) is 50.8 Å². The predicted molar refractivity (Wildman–Crippen MR) is 74.1 cm³/mol. The van der Waals surface area contributed by atoms with Gasteiger partial charge in [-0.25, -0.2) is 9.37 Å². The second kappa shape index (κ2) is 5.14. The molecule has 0 saturated carbocycles. The Bertz CT molecular complexity index is 558. The Labute approximate surface area is 116 Å². The van der Waals surface area contributed by atoms with Crippen LogP contribution in [0.25, 0.3) is 0 Å². The summed E-state index contributed by atoms with van der Waals surface area (Å²) in [5.41, 5.74) is 1.29. The van der Waals surface area contributed by atoms with Crippen LogP contribution < -0.4 is 5.32 Å². The standard InChI is InChI=1S/C12H9Br2FN2/c1-7-2-3-9(5-11(7)15)17-12-10(14)4-8(13)6-16-12/h2-6H,1H3,(H,16,17). The summed E-state index contributed by atoms with van der Waals surface area (Å²) in [7, 11) is 0. The van der Waals surface area contributed by atoms with Crippen molar-refractivity contribution >= 4 is 43.4 Å². The first-order chi connectivity index (χ1) is 8.06. The Kier molecular flexibility index (Phi) is 3.79. The second-order valence-electron chi connectivity index (χ2n) is 3.57. The molecule has 0 spiro atoms. The largest absolute Gasteiger partial charge is 0.339 e. The molecule has 0 amide bonds. The van der Waals surface area contributed by atoms with Gasteiger partial charge in [0.05, 0.1) is 4.47 Å². The minimum atomic E-state index is -0.233. The van der Waals surface area contributed by atoms with Crippen molar-refractivity contribution in [3.8, 4) is 0 Å². The third-order valence-electron chi connectivity index (χ3n) is 2.24. The number of nitrogens with zero attached hydrogens (tertiary/aromatic N) is 1. The minimum Gasteiger partial charge on any atom is -0.339 e. The van der Waals surface area contributed by atoms with Gasteiger partial charge in [-0.15, -0.1) is 0 Å². The van der Waals surface area contributed by atoms with E-state index in [1.54, 1.807) is 19.2 Å². The highest BCUT2D eigenvalue weighted by Crippen LogP contribution is 2.26. The van der Waals surface area contributed by atoms with Gasteiger partial charge in [-0.1, -0.05) is 6.07 Å². The van der Waals surface area contributed by atoms with Crippen LogP contribution in [-0.4, -0.2) is 4.98 Å². The van der Waals surface area contributed by atoms with E-state index in [0.717, 1.165) is 8.95 Å². The van der Waals surface area contributed by atoms with Gasteiger partial charge in [0.15, 0.2) is 0 Å². The van der Waals surface area contributed by atoms with Gasteiger partial charge in [0.1, 0.15) is 11.6 Å². The molecule has 1 heterocycles. The summed E-state index contributed by atoms with van der Waals surface area (Å²) >= 11 is 6.71. The molecule has 2 aromatic rings. The van der Waals surface area contributed by atoms with Crippen LogP contribution in [0.15, 0.2) is 39.4 Å². The van der Waals surface area contributed by atoms with Gasteiger partial charge in [0.2, 0.25) is 0 Å².